The number of hydrogen-bond donors (Lipinski definition) is 0. The number of amides is 1. The van der Waals surface area contributed by atoms with E-state index in [-0.39, 0.29) is 11.7 Å². The lowest BCUT2D eigenvalue weighted by Gasteiger charge is -2.31. The summed E-state index contributed by atoms with van der Waals surface area (Å²) in [5, 5.41) is 4.55. The molecule has 1 saturated heterocycles. The third-order valence-electron chi connectivity index (χ3n) is 5.64. The van der Waals surface area contributed by atoms with Crippen molar-refractivity contribution >= 4 is 11.4 Å². The van der Waals surface area contributed by atoms with Crippen molar-refractivity contribution in [2.75, 3.05) is 33.2 Å². The molecule has 7 heteroatoms. The number of carbonyl (C=O) groups is 1. The Morgan fingerprint density at radius 2 is 1.60 bits per heavy atom. The van der Waals surface area contributed by atoms with Crippen LogP contribution in [0, 0.1) is 5.82 Å². The number of benzene rings is 1. The maximum absolute atomic E-state index is 13.3. The Kier molecular flexibility index (Phi) is 4.59. The molecule has 0 atom stereocenters. The molecule has 1 aromatic carbocycles. The summed E-state index contributed by atoms with van der Waals surface area (Å²) in [5.41, 5.74) is 3.37. The monoisotopic (exact) mass is 403 g/mol. The zero-order valence-electron chi connectivity index (χ0n) is 16.7. The number of hydrogen-bond acceptors (Lipinski definition) is 3. The third-order valence-corrected chi connectivity index (χ3v) is 5.64. The van der Waals surface area contributed by atoms with Gasteiger partial charge in [0, 0.05) is 44.1 Å². The maximum atomic E-state index is 13.3. The van der Waals surface area contributed by atoms with Gasteiger partial charge in [0.1, 0.15) is 11.6 Å². The highest BCUT2D eigenvalue weighted by molar-refractivity contribution is 5.92. The van der Waals surface area contributed by atoms with Gasteiger partial charge in [-0.25, -0.2) is 9.07 Å². The van der Waals surface area contributed by atoms with Crippen molar-refractivity contribution in [3.05, 3.63) is 78.5 Å². The van der Waals surface area contributed by atoms with Crippen molar-refractivity contribution in [3.63, 3.8) is 0 Å². The van der Waals surface area contributed by atoms with Gasteiger partial charge in [0.2, 0.25) is 0 Å². The van der Waals surface area contributed by atoms with E-state index >= 15 is 0 Å². The number of halogens is 1. The van der Waals surface area contributed by atoms with E-state index in [0.717, 1.165) is 48.6 Å². The zero-order valence-corrected chi connectivity index (χ0v) is 16.7. The molecule has 4 aromatic rings. The number of piperazine rings is 1. The van der Waals surface area contributed by atoms with Crippen LogP contribution < -0.4 is 0 Å². The quantitative estimate of drug-likeness (QED) is 0.527. The average molecular weight is 403 g/mol. The summed E-state index contributed by atoms with van der Waals surface area (Å²) >= 11 is 0. The summed E-state index contributed by atoms with van der Waals surface area (Å²) < 4.78 is 17.0. The topological polar surface area (TPSA) is 45.8 Å². The summed E-state index contributed by atoms with van der Waals surface area (Å²) in [7, 11) is 2.06. The molecule has 152 valence electrons. The summed E-state index contributed by atoms with van der Waals surface area (Å²) in [5.74, 6) is 0.552. The van der Waals surface area contributed by atoms with E-state index in [9.17, 15) is 9.18 Å². The Bertz CT molecular complexity index is 1200. The number of rotatable bonds is 3. The summed E-state index contributed by atoms with van der Waals surface area (Å²) in [6, 6.07) is 16.2. The number of carbonyl (C=O) groups excluding carboxylic acids is 1. The van der Waals surface area contributed by atoms with Gasteiger partial charge >= 0.3 is 0 Å². The van der Waals surface area contributed by atoms with Crippen LogP contribution in [-0.2, 0) is 0 Å². The van der Waals surface area contributed by atoms with Crippen LogP contribution in [0.15, 0.2) is 67.0 Å². The van der Waals surface area contributed by atoms with Gasteiger partial charge in [0.05, 0.1) is 0 Å². The summed E-state index contributed by atoms with van der Waals surface area (Å²) in [6.07, 6.45) is 3.82. The highest BCUT2D eigenvalue weighted by atomic mass is 19.1. The van der Waals surface area contributed by atoms with Crippen LogP contribution in [0.2, 0.25) is 0 Å². The zero-order chi connectivity index (χ0) is 20.7. The molecule has 0 aliphatic carbocycles. The van der Waals surface area contributed by atoms with E-state index in [1.165, 1.54) is 12.1 Å². The smallest absolute Gasteiger partial charge is 0.274 e. The van der Waals surface area contributed by atoms with Crippen LogP contribution in [0.4, 0.5) is 4.39 Å². The number of likely N-dealkylation sites (N-methyl/N-ethyl adjacent to an activating group) is 1. The first-order valence-corrected chi connectivity index (χ1v) is 9.99. The molecule has 0 bridgehead atoms. The minimum absolute atomic E-state index is 0.0327. The Balaban J connectivity index is 1.46. The lowest BCUT2D eigenvalue weighted by molar-refractivity contribution is 0.0657. The van der Waals surface area contributed by atoms with E-state index in [4.69, 9.17) is 0 Å². The predicted octanol–water partition coefficient (Wildman–Crippen LogP) is 3.32. The number of pyridine rings is 1. The fraction of sp³-hybridized carbons (Fsp3) is 0.217. The van der Waals surface area contributed by atoms with Crippen molar-refractivity contribution in [1.29, 1.82) is 0 Å². The third kappa shape index (κ3) is 3.37. The molecule has 0 N–H and O–H groups in total. The van der Waals surface area contributed by atoms with Gasteiger partial charge in [-0.3, -0.25) is 4.79 Å². The molecule has 1 aliphatic rings. The normalized spacial score (nSPS) is 15.1. The average Bonchev–Trinajstić information content (AvgIpc) is 3.41. The molecule has 1 fully saturated rings. The molecule has 1 amide bonds. The molecule has 0 spiro atoms. The Morgan fingerprint density at radius 1 is 0.900 bits per heavy atom. The Morgan fingerprint density at radius 3 is 2.37 bits per heavy atom. The molecule has 5 rings (SSSR count). The van der Waals surface area contributed by atoms with Crippen molar-refractivity contribution in [2.24, 2.45) is 0 Å². The molecule has 6 nitrogen and oxygen atoms in total. The lowest BCUT2D eigenvalue weighted by atomic mass is 10.1. The van der Waals surface area contributed by atoms with E-state index in [1.54, 1.807) is 22.9 Å². The summed E-state index contributed by atoms with van der Waals surface area (Å²) in [6.45, 7) is 3.19. The molecular formula is C23H22FN5O. The van der Waals surface area contributed by atoms with Crippen LogP contribution >= 0.6 is 0 Å². The van der Waals surface area contributed by atoms with Crippen molar-refractivity contribution in [1.82, 2.24) is 24.0 Å². The first kappa shape index (κ1) is 18.6. The van der Waals surface area contributed by atoms with Gasteiger partial charge in [-0.15, -0.1) is 0 Å². The van der Waals surface area contributed by atoms with E-state index in [0.29, 0.717) is 5.69 Å². The van der Waals surface area contributed by atoms with Gasteiger partial charge < -0.3 is 14.2 Å². The molecule has 0 radical (unpaired) electrons. The van der Waals surface area contributed by atoms with E-state index in [2.05, 4.69) is 17.0 Å². The molecule has 3 aromatic heterocycles. The Hall–Kier alpha value is -3.45. The van der Waals surface area contributed by atoms with Crippen LogP contribution in [0.1, 0.15) is 10.5 Å². The van der Waals surface area contributed by atoms with Gasteiger partial charge in [-0.2, -0.15) is 5.10 Å². The highest BCUT2D eigenvalue weighted by Gasteiger charge is 2.22. The Labute approximate surface area is 173 Å². The minimum Gasteiger partial charge on any atom is -0.335 e. The van der Waals surface area contributed by atoms with Crippen molar-refractivity contribution < 1.29 is 9.18 Å². The van der Waals surface area contributed by atoms with Gasteiger partial charge in [-0.1, -0.05) is 18.2 Å². The molecule has 4 heterocycles. The van der Waals surface area contributed by atoms with E-state index < -0.39 is 0 Å². The molecule has 1 aliphatic heterocycles. The second kappa shape index (κ2) is 7.42. The maximum Gasteiger partial charge on any atom is 0.274 e. The van der Waals surface area contributed by atoms with E-state index in [1.807, 2.05) is 46.0 Å². The first-order chi connectivity index (χ1) is 14.6. The molecule has 30 heavy (non-hydrogen) atoms. The number of fused-ring (bicyclic) bond motifs is 1. The first-order valence-electron chi connectivity index (χ1n) is 9.99. The van der Waals surface area contributed by atoms with Crippen LogP contribution in [-0.4, -0.2) is 63.1 Å². The highest BCUT2D eigenvalue weighted by Crippen LogP contribution is 2.23. The van der Waals surface area contributed by atoms with Crippen LogP contribution in [0.5, 0.6) is 0 Å². The SMILES string of the molecule is CN1CCN(C(=O)c2ccn(-c3ccc4ccc(-c5ccc(F)cc5)cn34)n2)CC1. The molecular weight excluding hydrogens is 381 g/mol. The van der Waals surface area contributed by atoms with Gasteiger partial charge in [0.15, 0.2) is 5.69 Å². The fourth-order valence-corrected chi connectivity index (χ4v) is 3.82. The second-order valence-electron chi connectivity index (χ2n) is 7.65. The van der Waals surface area contributed by atoms with Crippen molar-refractivity contribution in [3.8, 4) is 16.9 Å². The number of nitrogens with zero attached hydrogens (tertiary/aromatic N) is 5. The van der Waals surface area contributed by atoms with Crippen LogP contribution in [0.25, 0.3) is 22.5 Å². The van der Waals surface area contributed by atoms with Gasteiger partial charge in [0.25, 0.3) is 5.91 Å². The summed E-state index contributed by atoms with van der Waals surface area (Å²) in [4.78, 5) is 16.9. The lowest BCUT2D eigenvalue weighted by Crippen LogP contribution is -2.47. The van der Waals surface area contributed by atoms with Crippen LogP contribution in [0.3, 0.4) is 0 Å². The largest absolute Gasteiger partial charge is 0.335 e. The van der Waals surface area contributed by atoms with Crippen molar-refractivity contribution in [2.45, 2.75) is 0 Å². The number of aromatic nitrogens is 3. The van der Waals surface area contributed by atoms with Gasteiger partial charge in [-0.05, 0) is 54.6 Å². The molecule has 0 saturated carbocycles. The molecule has 0 unspecified atom stereocenters. The second-order valence-corrected chi connectivity index (χ2v) is 7.65. The standard InChI is InChI=1S/C23H22FN5O/c1-26-12-14-27(15-13-26)23(30)21-10-11-29(25-21)22-9-8-20-7-4-18(16-28(20)22)17-2-5-19(24)6-3-17/h2-11,16H,12-15H2,1H3. The minimum atomic E-state index is -0.254. The fourth-order valence-electron chi connectivity index (χ4n) is 3.82. The predicted molar refractivity (Wildman–Crippen MR) is 113 cm³/mol.